The predicted octanol–water partition coefficient (Wildman–Crippen LogP) is 7.38. The maximum Gasteiger partial charge on any atom is 0.177 e. The summed E-state index contributed by atoms with van der Waals surface area (Å²) < 4.78 is 1.52. The van der Waals surface area contributed by atoms with Gasteiger partial charge in [-0.05, 0) is 127 Å². The van der Waals surface area contributed by atoms with Gasteiger partial charge in [-0.2, -0.15) is 0 Å². The number of aromatic nitrogens is 4. The predicted molar refractivity (Wildman–Crippen MR) is 202 cm³/mol. The first-order valence-electron chi connectivity index (χ1n) is 15.4. The number of aryl methyl sites for hydroxylation is 1. The molecule has 0 N–H and O–H groups in total. The summed E-state index contributed by atoms with van der Waals surface area (Å²) in [5, 5.41) is 15.9. The van der Waals surface area contributed by atoms with Crippen LogP contribution in [0.5, 0.6) is 0 Å². The molecule has 0 aliphatic rings. The van der Waals surface area contributed by atoms with Crippen LogP contribution in [0.1, 0.15) is 68.3 Å². The molecule has 4 heterocycles. The van der Waals surface area contributed by atoms with Crippen LogP contribution in [0.15, 0.2) is 103 Å². The fourth-order valence-corrected chi connectivity index (χ4v) is 4.64. The van der Waals surface area contributed by atoms with Gasteiger partial charge in [0.2, 0.25) is 0 Å². The fourth-order valence-electron chi connectivity index (χ4n) is 3.95. The Balaban J connectivity index is 0.000000270. The molecule has 14 heteroatoms. The molecule has 0 spiro atoms. The molecule has 0 bridgehead atoms. The Morgan fingerprint density at radius 1 is 0.600 bits per heavy atom. The van der Waals surface area contributed by atoms with Gasteiger partial charge in [0, 0.05) is 5.69 Å². The summed E-state index contributed by atoms with van der Waals surface area (Å²) in [6.07, 6.45) is 1.62. The summed E-state index contributed by atoms with van der Waals surface area (Å²) in [5.41, 5.74) is 7.52. The molecule has 4 aromatic heterocycles. The molecule has 4 aromatic rings. The monoisotopic (exact) mass is 804 g/mol. The molecule has 0 aromatic carbocycles. The van der Waals surface area contributed by atoms with Gasteiger partial charge in [0.15, 0.2) is 6.61 Å². The van der Waals surface area contributed by atoms with Crippen molar-refractivity contribution in [3.8, 4) is 11.8 Å². The van der Waals surface area contributed by atoms with E-state index in [9.17, 15) is 0 Å². The molecule has 260 valence electrons. The van der Waals surface area contributed by atoms with Crippen LogP contribution in [0.4, 0.5) is 0 Å². The number of hydrogen-bond acceptors (Lipinski definition) is 12. The lowest BCUT2D eigenvalue weighted by molar-refractivity contribution is 0.141. The van der Waals surface area contributed by atoms with Crippen LogP contribution in [-0.4, -0.2) is 70.2 Å². The van der Waals surface area contributed by atoms with E-state index >= 15 is 0 Å². The van der Waals surface area contributed by atoms with Crippen molar-refractivity contribution >= 4 is 54.7 Å². The van der Waals surface area contributed by atoms with E-state index in [1.807, 2.05) is 100 Å². The molecule has 0 amide bonds. The molecule has 0 radical (unpaired) electrons. The van der Waals surface area contributed by atoms with Crippen molar-refractivity contribution in [1.82, 2.24) is 19.9 Å². The Hall–Kier alpha value is -5.00. The lowest BCUT2D eigenvalue weighted by Gasteiger charge is -2.05. The van der Waals surface area contributed by atoms with Crippen LogP contribution in [0.2, 0.25) is 0 Å². The highest BCUT2D eigenvalue weighted by Gasteiger charge is 2.04. The Bertz CT molecular complexity index is 1890. The van der Waals surface area contributed by atoms with Crippen LogP contribution in [-0.2, 0) is 25.8 Å². The van der Waals surface area contributed by atoms with E-state index in [0.29, 0.717) is 29.4 Å². The highest BCUT2D eigenvalue weighted by molar-refractivity contribution is 9.10. The minimum Gasteiger partial charge on any atom is -0.399 e. The number of oxime groups is 4. The maximum absolute atomic E-state index is 5.39. The molecule has 0 saturated carbocycles. The lowest BCUT2D eigenvalue weighted by Crippen LogP contribution is -2.03. The van der Waals surface area contributed by atoms with Crippen LogP contribution in [0.25, 0.3) is 0 Å². The molecule has 0 atom stereocenters. The van der Waals surface area contributed by atoms with Crippen molar-refractivity contribution in [3.05, 3.63) is 116 Å². The molecule has 0 aliphatic carbocycles. The smallest absolute Gasteiger partial charge is 0.177 e. The molecule has 4 rings (SSSR count). The summed E-state index contributed by atoms with van der Waals surface area (Å²) in [6.45, 7) is 8.06. The molecule has 0 fully saturated rings. The average Bonchev–Trinajstić information content (AvgIpc) is 3.12. The van der Waals surface area contributed by atoms with Gasteiger partial charge in [-0.15, -0.1) is 0 Å². The van der Waals surface area contributed by atoms with Gasteiger partial charge >= 0.3 is 0 Å². The van der Waals surface area contributed by atoms with Gasteiger partial charge in [-0.25, -0.2) is 15.0 Å². The third-order valence-electron chi connectivity index (χ3n) is 6.35. The highest BCUT2D eigenvalue weighted by Crippen LogP contribution is 2.09. The van der Waals surface area contributed by atoms with Crippen LogP contribution in [0.3, 0.4) is 0 Å². The molecule has 0 saturated heterocycles. The van der Waals surface area contributed by atoms with Crippen molar-refractivity contribution in [2.45, 2.75) is 40.5 Å². The minimum atomic E-state index is 0.155. The van der Waals surface area contributed by atoms with Gasteiger partial charge in [0.1, 0.15) is 58.6 Å². The minimum absolute atomic E-state index is 0.155. The molecule has 0 aliphatic heterocycles. The fraction of sp³-hybridized carbons (Fsp3) is 0.278. The lowest BCUT2D eigenvalue weighted by atomic mass is 10.2. The summed E-state index contributed by atoms with van der Waals surface area (Å²) in [7, 11) is 3.02. The largest absolute Gasteiger partial charge is 0.399 e. The third kappa shape index (κ3) is 14.2. The van der Waals surface area contributed by atoms with Gasteiger partial charge in [0.05, 0.1) is 22.8 Å². The topological polar surface area (TPSA) is 138 Å². The molecular formula is C36H38Br2N8O4. The zero-order valence-corrected chi connectivity index (χ0v) is 31.9. The number of rotatable bonds is 13. The first-order valence-corrected chi connectivity index (χ1v) is 17.0. The van der Waals surface area contributed by atoms with E-state index in [0.717, 1.165) is 56.2 Å². The normalized spacial score (nSPS) is 11.8. The highest BCUT2D eigenvalue weighted by atomic mass is 79.9. The van der Waals surface area contributed by atoms with Crippen LogP contribution >= 0.6 is 31.9 Å². The van der Waals surface area contributed by atoms with E-state index in [4.69, 9.17) is 19.4 Å². The zero-order valence-electron chi connectivity index (χ0n) is 28.7. The van der Waals surface area contributed by atoms with Crippen LogP contribution < -0.4 is 0 Å². The average molecular weight is 807 g/mol. The number of hydrogen-bond donors (Lipinski definition) is 0. The van der Waals surface area contributed by atoms with Gasteiger partial charge < -0.3 is 19.4 Å². The second-order valence-electron chi connectivity index (χ2n) is 10.2. The van der Waals surface area contributed by atoms with Crippen molar-refractivity contribution in [1.29, 1.82) is 0 Å². The van der Waals surface area contributed by atoms with Gasteiger partial charge in [-0.1, -0.05) is 50.8 Å². The second kappa shape index (κ2) is 21.9. The van der Waals surface area contributed by atoms with E-state index < -0.39 is 0 Å². The van der Waals surface area contributed by atoms with Crippen molar-refractivity contribution in [2.75, 3.05) is 27.4 Å². The van der Waals surface area contributed by atoms with Crippen molar-refractivity contribution in [2.24, 2.45) is 20.6 Å². The number of nitrogens with zero attached hydrogens (tertiary/aromatic N) is 8. The molecule has 0 unspecified atom stereocenters. The quantitative estimate of drug-likeness (QED) is 0.0449. The van der Waals surface area contributed by atoms with Crippen molar-refractivity contribution < 1.29 is 19.4 Å². The summed E-state index contributed by atoms with van der Waals surface area (Å²) in [5.74, 6) is 5.81. The number of pyridine rings is 4. The van der Waals surface area contributed by atoms with Gasteiger partial charge in [0.25, 0.3) is 0 Å². The molecular weight excluding hydrogens is 768 g/mol. The van der Waals surface area contributed by atoms with E-state index in [1.54, 1.807) is 0 Å². The first kappa shape index (κ1) is 39.4. The van der Waals surface area contributed by atoms with E-state index in [-0.39, 0.29) is 6.61 Å². The van der Waals surface area contributed by atoms with E-state index in [1.165, 1.54) is 14.2 Å². The summed E-state index contributed by atoms with van der Waals surface area (Å²) >= 11 is 6.67. The number of halogens is 2. The molecule has 12 nitrogen and oxygen atoms in total. The maximum atomic E-state index is 5.39. The van der Waals surface area contributed by atoms with Crippen LogP contribution in [0, 0.1) is 11.8 Å². The second-order valence-corrected chi connectivity index (χ2v) is 11.8. The summed E-state index contributed by atoms with van der Waals surface area (Å²) in [6, 6.07) is 22.7. The van der Waals surface area contributed by atoms with E-state index in [2.05, 4.69) is 84.3 Å². The Morgan fingerprint density at radius 3 is 1.64 bits per heavy atom. The Morgan fingerprint density at radius 2 is 1.08 bits per heavy atom. The Kier molecular flexibility index (Phi) is 17.2. The van der Waals surface area contributed by atoms with Gasteiger partial charge in [-0.3, -0.25) is 4.98 Å². The van der Waals surface area contributed by atoms with Crippen molar-refractivity contribution in [3.63, 3.8) is 0 Å². The molecule has 50 heavy (non-hydrogen) atoms. The zero-order chi connectivity index (χ0) is 36.1. The Labute approximate surface area is 309 Å². The third-order valence-corrected chi connectivity index (χ3v) is 7.23. The first-order chi connectivity index (χ1) is 24.2. The SMILES string of the molecule is CO/N=C(\C)c1cccc(C#CCO/N=C(\C)c2cccc(Br)n2)n1.CO/N=C(\C)c1cccc(CCCO/N=C(\C)c2cccc(Br)n2)n1. The standard InChI is InChI=1S/C18H21BrN4O2.C18H17BrN4O2/c2*1-13(22-24-3)16-9-4-7-15(20-16)8-6-12-25-23-14(2)17-10-5-11-18(19)21-17/h4-5,7,9-11H,6,8,12H2,1-3H3;4-5,7,9-11H,12H2,1-3H3/b2*22-13+,23-14+. The summed E-state index contributed by atoms with van der Waals surface area (Å²) in [4.78, 5) is 37.7.